The summed E-state index contributed by atoms with van der Waals surface area (Å²) in [6, 6.07) is 9.43. The number of thioether (sulfide) groups is 1. The molecular weight excluding hydrogens is 252 g/mol. The molecule has 1 N–H and O–H groups in total. The molecule has 2 rings (SSSR count). The van der Waals surface area contributed by atoms with Crippen molar-refractivity contribution < 1.29 is 19.4 Å². The molecule has 1 aliphatic rings. The topological polar surface area (TPSA) is 63.6 Å². The molecule has 1 saturated heterocycles. The highest BCUT2D eigenvalue weighted by atomic mass is 32.2. The number of hydrogen-bond acceptors (Lipinski definition) is 4. The molecule has 0 aromatic heterocycles. The van der Waals surface area contributed by atoms with Crippen molar-refractivity contribution in [1.82, 2.24) is 0 Å². The van der Waals surface area contributed by atoms with E-state index in [2.05, 4.69) is 0 Å². The molecule has 1 atom stereocenters. The summed E-state index contributed by atoms with van der Waals surface area (Å²) in [5.41, 5.74) is 0.949. The van der Waals surface area contributed by atoms with Crippen LogP contribution in [0.1, 0.15) is 12.0 Å². The van der Waals surface area contributed by atoms with Crippen LogP contribution in [0.15, 0.2) is 30.3 Å². The predicted molar refractivity (Wildman–Crippen MR) is 68.5 cm³/mol. The quantitative estimate of drug-likeness (QED) is 0.841. The smallest absolute Gasteiger partial charge is 0.323 e. The Kier molecular flexibility index (Phi) is 3.91. The molecule has 1 heterocycles. The average Bonchev–Trinajstić information content (AvgIpc) is 2.33. The lowest BCUT2D eigenvalue weighted by Crippen LogP contribution is -2.45. The van der Waals surface area contributed by atoms with Crippen molar-refractivity contribution in [2.24, 2.45) is 0 Å². The van der Waals surface area contributed by atoms with E-state index in [1.54, 1.807) is 0 Å². The van der Waals surface area contributed by atoms with Crippen LogP contribution in [-0.4, -0.2) is 34.2 Å². The monoisotopic (exact) mass is 266 g/mol. The summed E-state index contributed by atoms with van der Waals surface area (Å²) in [6.07, 6.45) is 0.190. The fourth-order valence-corrected chi connectivity index (χ4v) is 3.27. The largest absolute Gasteiger partial charge is 0.481 e. The average molecular weight is 266 g/mol. The Morgan fingerprint density at radius 2 is 2.11 bits per heavy atom. The van der Waals surface area contributed by atoms with E-state index in [0.717, 1.165) is 5.56 Å². The van der Waals surface area contributed by atoms with Gasteiger partial charge in [0.1, 0.15) is 11.4 Å². The van der Waals surface area contributed by atoms with Crippen LogP contribution < -0.4 is 0 Å². The molecule has 0 saturated carbocycles. The van der Waals surface area contributed by atoms with E-state index < -0.39 is 16.7 Å². The van der Waals surface area contributed by atoms with Gasteiger partial charge in [0.25, 0.3) is 0 Å². The van der Waals surface area contributed by atoms with Crippen LogP contribution in [0, 0.1) is 0 Å². The van der Waals surface area contributed by atoms with Gasteiger partial charge >= 0.3 is 11.9 Å². The van der Waals surface area contributed by atoms with Gasteiger partial charge in [0, 0.05) is 5.75 Å². The van der Waals surface area contributed by atoms with Crippen LogP contribution in [0.3, 0.4) is 0 Å². The minimum Gasteiger partial charge on any atom is -0.481 e. The van der Waals surface area contributed by atoms with Crippen molar-refractivity contribution in [3.63, 3.8) is 0 Å². The molecule has 0 radical (unpaired) electrons. The molecule has 0 amide bonds. The number of aliphatic carboxylic acids is 1. The normalized spacial score (nSPS) is 23.4. The molecule has 0 bridgehead atoms. The number of cyclic esters (lactones) is 1. The van der Waals surface area contributed by atoms with Crippen LogP contribution in [0.25, 0.3) is 0 Å². The lowest BCUT2D eigenvalue weighted by molar-refractivity contribution is -0.151. The van der Waals surface area contributed by atoms with Gasteiger partial charge in [-0.15, -0.1) is 11.8 Å². The van der Waals surface area contributed by atoms with Gasteiger partial charge in [0.05, 0.1) is 6.42 Å². The number of ether oxygens (including phenoxy) is 1. The van der Waals surface area contributed by atoms with E-state index in [0.29, 0.717) is 18.8 Å². The molecule has 1 fully saturated rings. The number of benzene rings is 1. The van der Waals surface area contributed by atoms with Gasteiger partial charge in [-0.05, 0) is 12.0 Å². The highest BCUT2D eigenvalue weighted by Crippen LogP contribution is 2.37. The van der Waals surface area contributed by atoms with Crippen LogP contribution in [0.5, 0.6) is 0 Å². The minimum atomic E-state index is -0.981. The number of esters is 1. The molecule has 1 unspecified atom stereocenters. The first-order valence-corrected chi connectivity index (χ1v) is 6.68. The fraction of sp³-hybridized carbons (Fsp3) is 0.385. The van der Waals surface area contributed by atoms with Crippen molar-refractivity contribution in [2.75, 3.05) is 12.4 Å². The Hall–Kier alpha value is -1.49. The summed E-state index contributed by atoms with van der Waals surface area (Å²) in [7, 11) is 0. The Bertz CT molecular complexity index is 446. The maximum absolute atomic E-state index is 11.9. The Labute approximate surface area is 109 Å². The zero-order chi connectivity index (χ0) is 13.0. The van der Waals surface area contributed by atoms with Gasteiger partial charge in [0.2, 0.25) is 0 Å². The number of carboxylic acids is 1. The molecule has 1 aliphatic heterocycles. The third-order valence-electron chi connectivity index (χ3n) is 2.84. The highest BCUT2D eigenvalue weighted by Gasteiger charge is 2.45. The molecule has 0 aliphatic carbocycles. The Balaban J connectivity index is 2.24. The van der Waals surface area contributed by atoms with Gasteiger partial charge < -0.3 is 9.84 Å². The van der Waals surface area contributed by atoms with Crippen molar-refractivity contribution >= 4 is 23.7 Å². The number of rotatable bonds is 4. The first-order valence-electron chi connectivity index (χ1n) is 5.69. The molecule has 5 heteroatoms. The van der Waals surface area contributed by atoms with Crippen molar-refractivity contribution in [3.8, 4) is 0 Å². The molecular formula is C13H14O4S. The second kappa shape index (κ2) is 5.44. The van der Waals surface area contributed by atoms with Crippen LogP contribution in [0.2, 0.25) is 0 Å². The minimum absolute atomic E-state index is 0.203. The lowest BCUT2D eigenvalue weighted by Gasteiger charge is -2.33. The van der Waals surface area contributed by atoms with E-state index in [-0.39, 0.29) is 6.42 Å². The maximum Gasteiger partial charge on any atom is 0.323 e. The van der Waals surface area contributed by atoms with E-state index >= 15 is 0 Å². The maximum atomic E-state index is 11.9. The summed E-state index contributed by atoms with van der Waals surface area (Å²) >= 11 is 1.39. The summed E-state index contributed by atoms with van der Waals surface area (Å²) in [5, 5.41) is 9.01. The van der Waals surface area contributed by atoms with Crippen molar-refractivity contribution in [3.05, 3.63) is 35.9 Å². The molecule has 18 heavy (non-hydrogen) atoms. The summed E-state index contributed by atoms with van der Waals surface area (Å²) < 4.78 is 4.06. The number of carboxylic acid groups (broad SMARTS) is 1. The molecule has 1 aromatic rings. The number of hydrogen-bond donors (Lipinski definition) is 1. The summed E-state index contributed by atoms with van der Waals surface area (Å²) in [5.74, 6) is -0.742. The third kappa shape index (κ3) is 2.85. The SMILES string of the molecule is O=C(O)CC1(Cc2ccccc2)SCCOC1=O. The molecule has 96 valence electrons. The first-order chi connectivity index (χ1) is 8.62. The van der Waals surface area contributed by atoms with Crippen molar-refractivity contribution in [2.45, 2.75) is 17.6 Å². The molecule has 1 aromatic carbocycles. The van der Waals surface area contributed by atoms with Crippen LogP contribution >= 0.6 is 11.8 Å². The zero-order valence-corrected chi connectivity index (χ0v) is 10.6. The van der Waals surface area contributed by atoms with E-state index in [9.17, 15) is 9.59 Å². The number of carbonyl (C=O) groups excluding carboxylic acids is 1. The van der Waals surface area contributed by atoms with E-state index in [4.69, 9.17) is 9.84 Å². The lowest BCUT2D eigenvalue weighted by atomic mass is 9.95. The van der Waals surface area contributed by atoms with Crippen LogP contribution in [0.4, 0.5) is 0 Å². The molecule has 4 nitrogen and oxygen atoms in total. The van der Waals surface area contributed by atoms with Gasteiger partial charge in [-0.1, -0.05) is 30.3 Å². The van der Waals surface area contributed by atoms with Crippen molar-refractivity contribution in [1.29, 1.82) is 0 Å². The third-order valence-corrected chi connectivity index (χ3v) is 4.21. The van der Waals surface area contributed by atoms with Crippen LogP contribution in [-0.2, 0) is 20.7 Å². The number of carbonyl (C=O) groups is 2. The summed E-state index contributed by atoms with van der Waals surface area (Å²) in [4.78, 5) is 22.9. The highest BCUT2D eigenvalue weighted by molar-refractivity contribution is 8.01. The van der Waals surface area contributed by atoms with Gasteiger partial charge in [0.15, 0.2) is 0 Å². The van der Waals surface area contributed by atoms with E-state index in [1.165, 1.54) is 11.8 Å². The standard InChI is InChI=1S/C13H14O4S/c14-11(15)9-13(12(16)17-6-7-18-13)8-10-4-2-1-3-5-10/h1-5H,6-9H2,(H,14,15). The summed E-state index contributed by atoms with van der Waals surface area (Å²) in [6.45, 7) is 0.361. The van der Waals surface area contributed by atoms with E-state index in [1.807, 2.05) is 30.3 Å². The Morgan fingerprint density at radius 3 is 2.72 bits per heavy atom. The predicted octanol–water partition coefficient (Wildman–Crippen LogP) is 1.73. The second-order valence-corrected chi connectivity index (χ2v) is 5.69. The first kappa shape index (κ1) is 13.0. The zero-order valence-electron chi connectivity index (χ0n) is 9.80. The van der Waals surface area contributed by atoms with Gasteiger partial charge in [-0.3, -0.25) is 9.59 Å². The second-order valence-electron chi connectivity index (χ2n) is 4.21. The molecule has 0 spiro atoms. The fourth-order valence-electron chi connectivity index (χ4n) is 2.04. The van der Waals surface area contributed by atoms with Gasteiger partial charge in [-0.2, -0.15) is 0 Å². The Morgan fingerprint density at radius 1 is 1.39 bits per heavy atom. The van der Waals surface area contributed by atoms with Gasteiger partial charge in [-0.25, -0.2) is 0 Å².